The zero-order valence-electron chi connectivity index (χ0n) is 10.1. The van der Waals surface area contributed by atoms with Crippen molar-refractivity contribution in [3.05, 3.63) is 0 Å². The lowest BCUT2D eigenvalue weighted by atomic mass is 10.1. The summed E-state index contributed by atoms with van der Waals surface area (Å²) in [7, 11) is 0. The standard InChI is InChI=1S/C12H20N2O2.ClH/c15-12(11-2-1-7-16-11)14-6-5-9-3-4-10(8-14)13-9;/h9-11,13H,1-8H2;1H. The topological polar surface area (TPSA) is 41.6 Å². The van der Waals surface area contributed by atoms with Gasteiger partial charge in [0.25, 0.3) is 5.91 Å². The number of hydrogen-bond acceptors (Lipinski definition) is 3. The number of rotatable bonds is 1. The zero-order chi connectivity index (χ0) is 11.0. The lowest BCUT2D eigenvalue weighted by molar-refractivity contribution is -0.141. The van der Waals surface area contributed by atoms with Crippen molar-refractivity contribution in [3.8, 4) is 0 Å². The van der Waals surface area contributed by atoms with Gasteiger partial charge in [0, 0.05) is 31.8 Å². The minimum Gasteiger partial charge on any atom is -0.368 e. The molecule has 5 heteroatoms. The average Bonchev–Trinajstić information content (AvgIpc) is 2.87. The third-order valence-corrected chi connectivity index (χ3v) is 4.04. The fourth-order valence-corrected chi connectivity index (χ4v) is 3.12. The number of carbonyl (C=O) groups excluding carboxylic acids is 1. The van der Waals surface area contributed by atoms with Gasteiger partial charge in [-0.3, -0.25) is 4.79 Å². The van der Waals surface area contributed by atoms with Gasteiger partial charge in [0.05, 0.1) is 0 Å². The van der Waals surface area contributed by atoms with Crippen LogP contribution in [0.25, 0.3) is 0 Å². The lowest BCUT2D eigenvalue weighted by Crippen LogP contribution is -2.43. The molecule has 3 aliphatic rings. The first-order valence-corrected chi connectivity index (χ1v) is 6.49. The Kier molecular flexibility index (Phi) is 4.28. The van der Waals surface area contributed by atoms with Gasteiger partial charge in [-0.15, -0.1) is 12.4 Å². The van der Waals surface area contributed by atoms with Crippen molar-refractivity contribution in [2.75, 3.05) is 19.7 Å². The first kappa shape index (κ1) is 13.1. The SMILES string of the molecule is Cl.O=C(C1CCCO1)N1CCC2CCC(C1)N2. The molecule has 0 aromatic carbocycles. The van der Waals surface area contributed by atoms with Gasteiger partial charge in [0.2, 0.25) is 0 Å². The Morgan fingerprint density at radius 1 is 1.18 bits per heavy atom. The Morgan fingerprint density at radius 2 is 2.00 bits per heavy atom. The molecule has 0 saturated carbocycles. The van der Waals surface area contributed by atoms with Crippen LogP contribution in [0.1, 0.15) is 32.1 Å². The highest BCUT2D eigenvalue weighted by Gasteiger charge is 2.34. The van der Waals surface area contributed by atoms with E-state index < -0.39 is 0 Å². The summed E-state index contributed by atoms with van der Waals surface area (Å²) in [6.07, 6.45) is 5.42. The molecule has 3 heterocycles. The van der Waals surface area contributed by atoms with Crippen molar-refractivity contribution in [3.63, 3.8) is 0 Å². The second-order valence-corrected chi connectivity index (χ2v) is 5.21. The quantitative estimate of drug-likeness (QED) is 0.763. The van der Waals surface area contributed by atoms with E-state index in [9.17, 15) is 4.79 Å². The van der Waals surface area contributed by atoms with E-state index in [4.69, 9.17) is 4.74 Å². The molecule has 1 N–H and O–H groups in total. The molecule has 3 atom stereocenters. The number of fused-ring (bicyclic) bond motifs is 2. The fourth-order valence-electron chi connectivity index (χ4n) is 3.12. The molecule has 98 valence electrons. The van der Waals surface area contributed by atoms with Gasteiger partial charge in [-0.2, -0.15) is 0 Å². The second-order valence-electron chi connectivity index (χ2n) is 5.21. The van der Waals surface area contributed by atoms with Crippen LogP contribution in [0, 0.1) is 0 Å². The first-order valence-electron chi connectivity index (χ1n) is 6.49. The minimum absolute atomic E-state index is 0. The van der Waals surface area contributed by atoms with Crippen LogP contribution in [0.2, 0.25) is 0 Å². The maximum Gasteiger partial charge on any atom is 0.251 e. The van der Waals surface area contributed by atoms with Crippen LogP contribution >= 0.6 is 12.4 Å². The van der Waals surface area contributed by atoms with Crippen molar-refractivity contribution in [1.29, 1.82) is 0 Å². The summed E-state index contributed by atoms with van der Waals surface area (Å²) in [4.78, 5) is 14.2. The molecule has 0 aromatic heterocycles. The van der Waals surface area contributed by atoms with Crippen LogP contribution < -0.4 is 5.32 Å². The first-order chi connectivity index (χ1) is 7.83. The van der Waals surface area contributed by atoms with E-state index in [1.165, 1.54) is 12.8 Å². The van der Waals surface area contributed by atoms with Gasteiger partial charge >= 0.3 is 0 Å². The van der Waals surface area contributed by atoms with Gasteiger partial charge in [-0.05, 0) is 32.1 Å². The Morgan fingerprint density at radius 3 is 2.76 bits per heavy atom. The van der Waals surface area contributed by atoms with Gasteiger partial charge in [-0.25, -0.2) is 0 Å². The molecular formula is C12H21ClN2O2. The van der Waals surface area contributed by atoms with E-state index in [1.807, 2.05) is 4.90 Å². The minimum atomic E-state index is -0.142. The third-order valence-electron chi connectivity index (χ3n) is 4.04. The number of amides is 1. The summed E-state index contributed by atoms with van der Waals surface area (Å²) in [5.74, 6) is 0.229. The van der Waals surface area contributed by atoms with Gasteiger partial charge < -0.3 is 15.0 Å². The molecule has 3 rings (SSSR count). The van der Waals surface area contributed by atoms with Crippen LogP contribution in [-0.2, 0) is 9.53 Å². The molecule has 0 aliphatic carbocycles. The molecule has 0 aromatic rings. The van der Waals surface area contributed by atoms with Gasteiger partial charge in [0.1, 0.15) is 6.10 Å². The normalized spacial score (nSPS) is 36.5. The summed E-state index contributed by atoms with van der Waals surface area (Å²) in [6.45, 7) is 2.55. The molecule has 3 unspecified atom stereocenters. The van der Waals surface area contributed by atoms with E-state index >= 15 is 0 Å². The van der Waals surface area contributed by atoms with Crippen molar-refractivity contribution in [2.24, 2.45) is 0 Å². The third kappa shape index (κ3) is 2.75. The zero-order valence-corrected chi connectivity index (χ0v) is 10.9. The summed E-state index contributed by atoms with van der Waals surface area (Å²) in [6, 6.07) is 1.17. The summed E-state index contributed by atoms with van der Waals surface area (Å²) >= 11 is 0. The maximum atomic E-state index is 12.2. The smallest absolute Gasteiger partial charge is 0.251 e. The molecule has 4 nitrogen and oxygen atoms in total. The number of nitrogens with zero attached hydrogens (tertiary/aromatic N) is 1. The molecule has 2 bridgehead atoms. The summed E-state index contributed by atoms with van der Waals surface area (Å²) < 4.78 is 5.48. The van der Waals surface area contributed by atoms with Crippen molar-refractivity contribution in [2.45, 2.75) is 50.3 Å². The van der Waals surface area contributed by atoms with Gasteiger partial charge in [0.15, 0.2) is 0 Å². The number of hydrogen-bond donors (Lipinski definition) is 1. The largest absolute Gasteiger partial charge is 0.368 e. The van der Waals surface area contributed by atoms with Crippen LogP contribution in [0.5, 0.6) is 0 Å². The lowest BCUT2D eigenvalue weighted by Gasteiger charge is -2.26. The van der Waals surface area contributed by atoms with E-state index in [2.05, 4.69) is 5.32 Å². The molecule has 1 amide bonds. The molecule has 3 fully saturated rings. The average molecular weight is 261 g/mol. The molecule has 17 heavy (non-hydrogen) atoms. The highest BCUT2D eigenvalue weighted by molar-refractivity contribution is 5.85. The van der Waals surface area contributed by atoms with Crippen LogP contribution in [0.3, 0.4) is 0 Å². The van der Waals surface area contributed by atoms with Crippen LogP contribution in [0.15, 0.2) is 0 Å². The summed E-state index contributed by atoms with van der Waals surface area (Å²) in [5.41, 5.74) is 0. The van der Waals surface area contributed by atoms with Crippen molar-refractivity contribution >= 4 is 18.3 Å². The van der Waals surface area contributed by atoms with Crippen LogP contribution in [0.4, 0.5) is 0 Å². The fraction of sp³-hybridized carbons (Fsp3) is 0.917. The number of likely N-dealkylation sites (tertiary alicyclic amines) is 1. The number of carbonyl (C=O) groups is 1. The predicted octanol–water partition coefficient (Wildman–Crippen LogP) is 0.940. The van der Waals surface area contributed by atoms with Crippen LogP contribution in [-0.4, -0.2) is 48.7 Å². The molecule has 0 radical (unpaired) electrons. The van der Waals surface area contributed by atoms with E-state index in [0.29, 0.717) is 12.1 Å². The van der Waals surface area contributed by atoms with E-state index in [1.54, 1.807) is 0 Å². The Hall–Kier alpha value is -0.320. The van der Waals surface area contributed by atoms with Crippen molar-refractivity contribution < 1.29 is 9.53 Å². The predicted molar refractivity (Wildman–Crippen MR) is 67.4 cm³/mol. The number of ether oxygens (including phenoxy) is 1. The highest BCUT2D eigenvalue weighted by atomic mass is 35.5. The second kappa shape index (κ2) is 5.55. The number of nitrogens with one attached hydrogen (secondary N) is 1. The molecule has 3 aliphatic heterocycles. The maximum absolute atomic E-state index is 12.2. The number of halogens is 1. The summed E-state index contributed by atoms with van der Waals surface area (Å²) in [5, 5.41) is 3.59. The molecular weight excluding hydrogens is 240 g/mol. The molecule has 0 spiro atoms. The monoisotopic (exact) mass is 260 g/mol. The van der Waals surface area contributed by atoms with Crippen molar-refractivity contribution in [1.82, 2.24) is 10.2 Å². The van der Waals surface area contributed by atoms with E-state index in [-0.39, 0.29) is 24.4 Å². The van der Waals surface area contributed by atoms with E-state index in [0.717, 1.165) is 39.0 Å². The Labute approximate surface area is 108 Å². The molecule has 3 saturated heterocycles. The Balaban J connectivity index is 0.00000108. The Bertz CT molecular complexity index is 282. The highest BCUT2D eigenvalue weighted by Crippen LogP contribution is 2.22. The van der Waals surface area contributed by atoms with Gasteiger partial charge in [-0.1, -0.05) is 0 Å².